The summed E-state index contributed by atoms with van der Waals surface area (Å²) in [6, 6.07) is 0. The molecule has 0 saturated heterocycles. The van der Waals surface area contributed by atoms with Crippen molar-refractivity contribution >= 4 is 0 Å². The molecule has 1 rings (SSSR count). The van der Waals surface area contributed by atoms with Crippen molar-refractivity contribution in [3.05, 3.63) is 18.7 Å². The zero-order chi connectivity index (χ0) is 11.1. The van der Waals surface area contributed by atoms with Gasteiger partial charge in [-0.05, 0) is 24.8 Å². The van der Waals surface area contributed by atoms with Crippen molar-refractivity contribution in [3.8, 4) is 0 Å². The van der Waals surface area contributed by atoms with Crippen LogP contribution in [0.3, 0.4) is 0 Å². The number of rotatable bonds is 7. The van der Waals surface area contributed by atoms with Gasteiger partial charge in [-0.25, -0.2) is 4.98 Å². The molecule has 0 spiro atoms. The monoisotopic (exact) mass is 209 g/mol. The van der Waals surface area contributed by atoms with Crippen molar-refractivity contribution in [2.45, 2.75) is 40.2 Å². The Morgan fingerprint density at radius 2 is 2.20 bits per heavy atom. The van der Waals surface area contributed by atoms with E-state index in [1.807, 2.05) is 18.7 Å². The molecular formula is C12H23N3. The van der Waals surface area contributed by atoms with E-state index >= 15 is 0 Å². The van der Waals surface area contributed by atoms with Gasteiger partial charge in [-0.3, -0.25) is 0 Å². The molecule has 1 heterocycles. The molecule has 0 aliphatic carbocycles. The van der Waals surface area contributed by atoms with Crippen LogP contribution in [0.25, 0.3) is 0 Å². The molecule has 15 heavy (non-hydrogen) atoms. The van der Waals surface area contributed by atoms with Gasteiger partial charge in [-0.15, -0.1) is 0 Å². The minimum absolute atomic E-state index is 0.426. The summed E-state index contributed by atoms with van der Waals surface area (Å²) in [5, 5.41) is 3.51. The van der Waals surface area contributed by atoms with Gasteiger partial charge in [0.1, 0.15) is 0 Å². The number of hydrogen-bond acceptors (Lipinski definition) is 2. The van der Waals surface area contributed by atoms with Crippen molar-refractivity contribution in [2.75, 3.05) is 13.1 Å². The van der Waals surface area contributed by atoms with Crippen LogP contribution in [0.4, 0.5) is 0 Å². The largest absolute Gasteiger partial charge is 0.337 e. The number of aryl methyl sites for hydroxylation is 1. The van der Waals surface area contributed by atoms with Gasteiger partial charge in [0, 0.05) is 25.5 Å². The molecule has 0 aliphatic heterocycles. The maximum absolute atomic E-state index is 4.02. The minimum Gasteiger partial charge on any atom is -0.337 e. The topological polar surface area (TPSA) is 29.9 Å². The van der Waals surface area contributed by atoms with Crippen molar-refractivity contribution in [1.29, 1.82) is 0 Å². The molecule has 0 aliphatic rings. The molecule has 3 heteroatoms. The molecule has 0 fully saturated rings. The van der Waals surface area contributed by atoms with Crippen molar-refractivity contribution < 1.29 is 0 Å². The molecule has 1 aromatic heterocycles. The van der Waals surface area contributed by atoms with E-state index in [1.165, 1.54) is 6.42 Å². The van der Waals surface area contributed by atoms with E-state index in [-0.39, 0.29) is 0 Å². The zero-order valence-corrected chi connectivity index (χ0v) is 10.2. The molecular weight excluding hydrogens is 186 g/mol. The molecule has 1 aromatic rings. The first-order valence-electron chi connectivity index (χ1n) is 5.80. The van der Waals surface area contributed by atoms with Crippen LogP contribution in [-0.2, 0) is 6.54 Å². The summed E-state index contributed by atoms with van der Waals surface area (Å²) in [5.41, 5.74) is 0.426. The normalized spacial score (nSPS) is 11.9. The summed E-state index contributed by atoms with van der Waals surface area (Å²) in [4.78, 5) is 4.02. The lowest BCUT2D eigenvalue weighted by Gasteiger charge is -2.22. The van der Waals surface area contributed by atoms with Crippen LogP contribution in [0.2, 0.25) is 0 Å². The first kappa shape index (κ1) is 12.2. The molecule has 86 valence electrons. The second kappa shape index (κ2) is 5.91. The Bertz CT molecular complexity index is 252. The van der Waals surface area contributed by atoms with Gasteiger partial charge in [-0.1, -0.05) is 20.8 Å². The highest BCUT2D eigenvalue weighted by Crippen LogP contribution is 2.17. The summed E-state index contributed by atoms with van der Waals surface area (Å²) < 4.78 is 2.12. The molecule has 3 nitrogen and oxygen atoms in total. The van der Waals surface area contributed by atoms with Crippen LogP contribution in [0, 0.1) is 5.41 Å². The lowest BCUT2D eigenvalue weighted by Crippen LogP contribution is -2.29. The van der Waals surface area contributed by atoms with E-state index in [4.69, 9.17) is 0 Å². The maximum Gasteiger partial charge on any atom is 0.0945 e. The average Bonchev–Trinajstić information content (AvgIpc) is 2.70. The van der Waals surface area contributed by atoms with Gasteiger partial charge in [0.05, 0.1) is 6.33 Å². The van der Waals surface area contributed by atoms with Gasteiger partial charge in [0.25, 0.3) is 0 Å². The third-order valence-electron chi connectivity index (χ3n) is 2.89. The van der Waals surface area contributed by atoms with E-state index in [0.29, 0.717) is 5.41 Å². The first-order valence-corrected chi connectivity index (χ1v) is 5.80. The van der Waals surface area contributed by atoms with Crippen molar-refractivity contribution in [2.24, 2.45) is 5.41 Å². The predicted octanol–water partition coefficient (Wildman–Crippen LogP) is 2.30. The standard InChI is InChI=1S/C12H23N3/c1-4-12(2,3)10-13-6-5-8-15-9-7-14-11-15/h7,9,11,13H,4-6,8,10H2,1-3H3. The van der Waals surface area contributed by atoms with Crippen LogP contribution in [-0.4, -0.2) is 22.6 Å². The van der Waals surface area contributed by atoms with Crippen LogP contribution < -0.4 is 5.32 Å². The fraction of sp³-hybridized carbons (Fsp3) is 0.750. The van der Waals surface area contributed by atoms with Crippen LogP contribution in [0.5, 0.6) is 0 Å². The molecule has 0 aromatic carbocycles. The molecule has 0 saturated carbocycles. The second-order valence-electron chi connectivity index (χ2n) is 4.85. The van der Waals surface area contributed by atoms with Gasteiger partial charge in [-0.2, -0.15) is 0 Å². The Morgan fingerprint density at radius 1 is 1.40 bits per heavy atom. The smallest absolute Gasteiger partial charge is 0.0945 e. The molecule has 1 N–H and O–H groups in total. The molecule has 0 radical (unpaired) electrons. The number of aromatic nitrogens is 2. The van der Waals surface area contributed by atoms with E-state index in [1.54, 1.807) is 0 Å². The Balaban J connectivity index is 2.03. The average molecular weight is 209 g/mol. The quantitative estimate of drug-likeness (QED) is 0.698. The van der Waals surface area contributed by atoms with E-state index in [9.17, 15) is 0 Å². The minimum atomic E-state index is 0.426. The Morgan fingerprint density at radius 3 is 2.80 bits per heavy atom. The van der Waals surface area contributed by atoms with Crippen molar-refractivity contribution in [3.63, 3.8) is 0 Å². The molecule has 0 bridgehead atoms. The fourth-order valence-corrected chi connectivity index (χ4v) is 1.36. The summed E-state index contributed by atoms with van der Waals surface area (Å²) in [5.74, 6) is 0. The van der Waals surface area contributed by atoms with Crippen LogP contribution >= 0.6 is 0 Å². The number of nitrogens with zero attached hydrogens (tertiary/aromatic N) is 2. The van der Waals surface area contributed by atoms with Crippen molar-refractivity contribution in [1.82, 2.24) is 14.9 Å². The van der Waals surface area contributed by atoms with Gasteiger partial charge < -0.3 is 9.88 Å². The van der Waals surface area contributed by atoms with E-state index < -0.39 is 0 Å². The maximum atomic E-state index is 4.02. The van der Waals surface area contributed by atoms with E-state index in [2.05, 4.69) is 35.6 Å². The zero-order valence-electron chi connectivity index (χ0n) is 10.2. The number of imidazole rings is 1. The highest BCUT2D eigenvalue weighted by Gasteiger charge is 2.13. The van der Waals surface area contributed by atoms with E-state index in [0.717, 1.165) is 26.1 Å². The molecule has 0 unspecified atom stereocenters. The van der Waals surface area contributed by atoms with Crippen LogP contribution in [0.1, 0.15) is 33.6 Å². The first-order chi connectivity index (χ1) is 7.14. The third kappa shape index (κ3) is 4.98. The lowest BCUT2D eigenvalue weighted by molar-refractivity contribution is 0.326. The van der Waals surface area contributed by atoms with Crippen LogP contribution in [0.15, 0.2) is 18.7 Å². The second-order valence-corrected chi connectivity index (χ2v) is 4.85. The Hall–Kier alpha value is -0.830. The summed E-state index contributed by atoms with van der Waals surface area (Å²) in [7, 11) is 0. The number of nitrogens with one attached hydrogen (secondary N) is 1. The highest BCUT2D eigenvalue weighted by atomic mass is 15.0. The third-order valence-corrected chi connectivity index (χ3v) is 2.89. The molecule has 0 amide bonds. The summed E-state index contributed by atoms with van der Waals surface area (Å²) >= 11 is 0. The highest BCUT2D eigenvalue weighted by molar-refractivity contribution is 4.74. The lowest BCUT2D eigenvalue weighted by atomic mass is 9.90. The fourth-order valence-electron chi connectivity index (χ4n) is 1.36. The SMILES string of the molecule is CCC(C)(C)CNCCCn1ccnc1. The number of hydrogen-bond donors (Lipinski definition) is 1. The molecule has 0 atom stereocenters. The van der Waals surface area contributed by atoms with Gasteiger partial charge in [0.15, 0.2) is 0 Å². The Labute approximate surface area is 92.9 Å². The summed E-state index contributed by atoms with van der Waals surface area (Å²) in [6.45, 7) is 10.1. The Kier molecular flexibility index (Phi) is 4.82. The van der Waals surface area contributed by atoms with Gasteiger partial charge in [0.2, 0.25) is 0 Å². The summed E-state index contributed by atoms with van der Waals surface area (Å²) in [6.07, 6.45) is 8.09. The predicted molar refractivity (Wildman–Crippen MR) is 63.8 cm³/mol. The van der Waals surface area contributed by atoms with Gasteiger partial charge >= 0.3 is 0 Å².